The van der Waals surface area contributed by atoms with Crippen molar-refractivity contribution in [1.29, 1.82) is 0 Å². The highest BCUT2D eigenvalue weighted by Crippen LogP contribution is 2.55. The van der Waals surface area contributed by atoms with Crippen molar-refractivity contribution in [2.24, 2.45) is 5.41 Å². The second kappa shape index (κ2) is 3.45. The molecule has 4 rings (SSSR count). The summed E-state index contributed by atoms with van der Waals surface area (Å²) in [6.45, 7) is 8.69. The van der Waals surface area contributed by atoms with Crippen LogP contribution in [0.25, 0.3) is 0 Å². The summed E-state index contributed by atoms with van der Waals surface area (Å²) in [6, 6.07) is 4.99. The molecule has 2 unspecified atom stereocenters. The molecule has 1 aliphatic carbocycles. The molecule has 1 N–H and O–H groups in total. The fraction of sp³-hybridized carbons (Fsp3) is 0.625. The van der Waals surface area contributed by atoms with E-state index in [4.69, 9.17) is 9.47 Å². The number of fused-ring (bicyclic) bond motifs is 5. The van der Waals surface area contributed by atoms with Gasteiger partial charge in [-0.3, -0.25) is 0 Å². The largest absolute Gasteiger partial charge is 0.454 e. The number of hydrogen-bond donors (Lipinski definition) is 1. The quantitative estimate of drug-likeness (QED) is 0.777. The standard InChI is InChI=1S/C16H21NO2/c1-15(2)14-7-10-6-12-13(19-9-18-12)8-11(10)16(15,3)4-5-17-14/h6,8,14,17H,4-5,7,9H2,1-3H3. The molecular weight excluding hydrogens is 238 g/mol. The number of piperidine rings is 1. The van der Waals surface area contributed by atoms with E-state index in [0.717, 1.165) is 24.5 Å². The molecule has 0 amide bonds. The van der Waals surface area contributed by atoms with Crippen LogP contribution in [0.1, 0.15) is 38.3 Å². The van der Waals surface area contributed by atoms with Crippen LogP contribution in [0.2, 0.25) is 0 Å². The van der Waals surface area contributed by atoms with Gasteiger partial charge >= 0.3 is 0 Å². The lowest BCUT2D eigenvalue weighted by atomic mass is 9.51. The van der Waals surface area contributed by atoms with Crippen LogP contribution >= 0.6 is 0 Å². The summed E-state index contributed by atoms with van der Waals surface area (Å²) >= 11 is 0. The summed E-state index contributed by atoms with van der Waals surface area (Å²) in [6.07, 6.45) is 2.28. The minimum absolute atomic E-state index is 0.220. The van der Waals surface area contributed by atoms with Crippen molar-refractivity contribution in [2.45, 2.75) is 45.1 Å². The van der Waals surface area contributed by atoms with E-state index in [9.17, 15) is 0 Å². The van der Waals surface area contributed by atoms with Crippen molar-refractivity contribution in [3.63, 3.8) is 0 Å². The second-order valence-electron chi connectivity index (χ2n) is 6.88. The van der Waals surface area contributed by atoms with Crippen LogP contribution in [0, 0.1) is 5.41 Å². The van der Waals surface area contributed by atoms with E-state index < -0.39 is 0 Å². The lowest BCUT2D eigenvalue weighted by Gasteiger charge is -2.57. The molecule has 2 aliphatic heterocycles. The van der Waals surface area contributed by atoms with Gasteiger partial charge < -0.3 is 14.8 Å². The summed E-state index contributed by atoms with van der Waals surface area (Å²) < 4.78 is 11.1. The number of nitrogens with one attached hydrogen (secondary N) is 1. The summed E-state index contributed by atoms with van der Waals surface area (Å²) in [4.78, 5) is 0. The molecule has 0 saturated carbocycles. The first kappa shape index (κ1) is 11.6. The van der Waals surface area contributed by atoms with Crippen LogP contribution in [0.5, 0.6) is 11.5 Å². The minimum atomic E-state index is 0.220. The smallest absolute Gasteiger partial charge is 0.231 e. The van der Waals surface area contributed by atoms with Gasteiger partial charge in [0.25, 0.3) is 0 Å². The Morgan fingerprint density at radius 1 is 1.16 bits per heavy atom. The zero-order chi connectivity index (χ0) is 13.3. The summed E-state index contributed by atoms with van der Waals surface area (Å²) in [5.74, 6) is 1.84. The second-order valence-corrected chi connectivity index (χ2v) is 6.88. The van der Waals surface area contributed by atoms with Crippen molar-refractivity contribution >= 4 is 0 Å². The van der Waals surface area contributed by atoms with E-state index >= 15 is 0 Å². The zero-order valence-electron chi connectivity index (χ0n) is 11.9. The summed E-state index contributed by atoms with van der Waals surface area (Å²) in [5, 5.41) is 3.70. The highest BCUT2D eigenvalue weighted by Gasteiger charge is 2.53. The van der Waals surface area contributed by atoms with Crippen LogP contribution in [0.3, 0.4) is 0 Å². The third kappa shape index (κ3) is 1.32. The Bertz CT molecular complexity index is 552. The maximum atomic E-state index is 5.58. The molecule has 2 heterocycles. The lowest BCUT2D eigenvalue weighted by molar-refractivity contribution is 0.0558. The lowest BCUT2D eigenvalue weighted by Crippen LogP contribution is -2.62. The third-order valence-corrected chi connectivity index (χ3v) is 5.93. The van der Waals surface area contributed by atoms with Gasteiger partial charge in [0.1, 0.15) is 0 Å². The van der Waals surface area contributed by atoms with Crippen molar-refractivity contribution in [2.75, 3.05) is 13.3 Å². The Kier molecular flexibility index (Phi) is 2.11. The van der Waals surface area contributed by atoms with Gasteiger partial charge in [-0.25, -0.2) is 0 Å². The number of hydrogen-bond acceptors (Lipinski definition) is 3. The van der Waals surface area contributed by atoms with Crippen molar-refractivity contribution < 1.29 is 9.47 Å². The van der Waals surface area contributed by atoms with Gasteiger partial charge in [-0.2, -0.15) is 0 Å². The SMILES string of the molecule is CC12CCNC(Cc3cc4c(cc31)OCO4)C2(C)C. The number of benzene rings is 1. The highest BCUT2D eigenvalue weighted by atomic mass is 16.7. The maximum absolute atomic E-state index is 5.58. The summed E-state index contributed by atoms with van der Waals surface area (Å²) in [7, 11) is 0. The molecule has 1 saturated heterocycles. The highest BCUT2D eigenvalue weighted by molar-refractivity contribution is 5.53. The molecule has 2 atom stereocenters. The van der Waals surface area contributed by atoms with Crippen molar-refractivity contribution in [1.82, 2.24) is 5.32 Å². The monoisotopic (exact) mass is 259 g/mol. The fourth-order valence-corrected chi connectivity index (χ4v) is 4.15. The molecule has 19 heavy (non-hydrogen) atoms. The zero-order valence-corrected chi connectivity index (χ0v) is 11.9. The molecule has 0 aromatic heterocycles. The molecule has 3 heteroatoms. The van der Waals surface area contributed by atoms with Gasteiger partial charge in [-0.15, -0.1) is 0 Å². The van der Waals surface area contributed by atoms with Gasteiger partial charge in [0.15, 0.2) is 11.5 Å². The molecule has 1 aromatic carbocycles. The van der Waals surface area contributed by atoms with Crippen LogP contribution < -0.4 is 14.8 Å². The Morgan fingerprint density at radius 2 is 1.89 bits per heavy atom. The van der Waals surface area contributed by atoms with E-state index in [2.05, 4.69) is 38.2 Å². The average Bonchev–Trinajstić information content (AvgIpc) is 2.79. The molecule has 102 valence electrons. The van der Waals surface area contributed by atoms with Crippen LogP contribution in [-0.4, -0.2) is 19.4 Å². The van der Waals surface area contributed by atoms with Gasteiger partial charge in [-0.1, -0.05) is 20.8 Å². The molecule has 0 spiro atoms. The Morgan fingerprint density at radius 3 is 2.68 bits per heavy atom. The topological polar surface area (TPSA) is 30.5 Å². The van der Waals surface area contributed by atoms with E-state index in [1.807, 2.05) is 0 Å². The third-order valence-electron chi connectivity index (χ3n) is 5.93. The molecular formula is C16H21NO2. The fourth-order valence-electron chi connectivity index (χ4n) is 4.15. The normalized spacial score (nSPS) is 33.9. The van der Waals surface area contributed by atoms with E-state index in [0.29, 0.717) is 12.8 Å². The van der Waals surface area contributed by atoms with Crippen LogP contribution in [0.4, 0.5) is 0 Å². The molecule has 0 radical (unpaired) electrons. The van der Waals surface area contributed by atoms with Crippen molar-refractivity contribution in [3.8, 4) is 11.5 Å². The predicted octanol–water partition coefficient (Wildman–Crippen LogP) is 2.62. The van der Waals surface area contributed by atoms with Crippen molar-refractivity contribution in [3.05, 3.63) is 23.3 Å². The Labute approximate surface area is 114 Å². The van der Waals surface area contributed by atoms with E-state index in [1.54, 1.807) is 0 Å². The van der Waals surface area contributed by atoms with Crippen LogP contribution in [0.15, 0.2) is 12.1 Å². The maximum Gasteiger partial charge on any atom is 0.231 e. The Balaban J connectivity index is 1.94. The molecule has 3 aliphatic rings. The first-order valence-electron chi connectivity index (χ1n) is 7.19. The average molecular weight is 259 g/mol. The molecule has 1 fully saturated rings. The molecule has 3 nitrogen and oxygen atoms in total. The summed E-state index contributed by atoms with van der Waals surface area (Å²) in [5.41, 5.74) is 3.39. The Hall–Kier alpha value is -1.22. The van der Waals surface area contributed by atoms with E-state index in [1.165, 1.54) is 17.5 Å². The first-order chi connectivity index (χ1) is 9.02. The van der Waals surface area contributed by atoms with Gasteiger partial charge in [0.2, 0.25) is 6.79 Å². The minimum Gasteiger partial charge on any atom is -0.454 e. The van der Waals surface area contributed by atoms with Crippen LogP contribution in [-0.2, 0) is 11.8 Å². The first-order valence-corrected chi connectivity index (χ1v) is 7.19. The molecule has 2 bridgehead atoms. The number of rotatable bonds is 0. The predicted molar refractivity (Wildman–Crippen MR) is 73.8 cm³/mol. The molecule has 1 aromatic rings. The number of ether oxygens (including phenoxy) is 2. The van der Waals surface area contributed by atoms with Gasteiger partial charge in [-0.05, 0) is 48.1 Å². The van der Waals surface area contributed by atoms with Gasteiger partial charge in [0, 0.05) is 11.5 Å². The van der Waals surface area contributed by atoms with E-state index in [-0.39, 0.29) is 10.8 Å². The van der Waals surface area contributed by atoms with Gasteiger partial charge in [0.05, 0.1) is 0 Å².